The van der Waals surface area contributed by atoms with Crippen LogP contribution in [0, 0.1) is 5.82 Å². The number of ether oxygens (including phenoxy) is 1. The molecule has 0 radical (unpaired) electrons. The summed E-state index contributed by atoms with van der Waals surface area (Å²) in [6.07, 6.45) is 0.0880. The highest BCUT2D eigenvalue weighted by Gasteiger charge is 2.27. The smallest absolute Gasteiger partial charge is 0.258 e. The zero-order chi connectivity index (χ0) is 14.8. The van der Waals surface area contributed by atoms with Crippen LogP contribution in [0.15, 0.2) is 46.9 Å². The topological polar surface area (TPSA) is 38.3 Å². The van der Waals surface area contributed by atoms with Gasteiger partial charge in [0.1, 0.15) is 5.82 Å². The van der Waals surface area contributed by atoms with E-state index in [0.717, 1.165) is 17.5 Å². The molecule has 0 fully saturated rings. The maximum Gasteiger partial charge on any atom is 0.258 e. The van der Waals surface area contributed by atoms with Crippen LogP contribution in [-0.2, 0) is 16.0 Å². The van der Waals surface area contributed by atoms with Gasteiger partial charge in [-0.15, -0.1) is 0 Å². The Morgan fingerprint density at radius 1 is 1.29 bits per heavy atom. The molecule has 0 bridgehead atoms. The standard InChI is InChI=1S/C16H13BrFNO2/c17-11-5-6-14(13(18)9-11)19-16(20)15-12-4-2-1-3-10(12)7-8-21-15/h1-6,9,15H,7-8H2,(H,19,20). The highest BCUT2D eigenvalue weighted by molar-refractivity contribution is 9.10. The SMILES string of the molecule is O=C(Nc1ccc(Br)cc1F)C1OCCc2ccccc21. The second kappa shape index (κ2) is 5.95. The highest BCUT2D eigenvalue weighted by atomic mass is 79.9. The zero-order valence-corrected chi connectivity index (χ0v) is 12.7. The molecule has 1 aliphatic rings. The molecule has 0 spiro atoms. The van der Waals surface area contributed by atoms with E-state index in [1.54, 1.807) is 6.07 Å². The monoisotopic (exact) mass is 349 g/mol. The average molecular weight is 350 g/mol. The normalized spacial score (nSPS) is 17.1. The van der Waals surface area contributed by atoms with E-state index in [1.807, 2.05) is 24.3 Å². The number of fused-ring (bicyclic) bond motifs is 1. The van der Waals surface area contributed by atoms with Gasteiger partial charge in [0, 0.05) is 4.47 Å². The van der Waals surface area contributed by atoms with Crippen molar-refractivity contribution in [3.8, 4) is 0 Å². The summed E-state index contributed by atoms with van der Waals surface area (Å²) < 4.78 is 20.0. The van der Waals surface area contributed by atoms with Gasteiger partial charge < -0.3 is 10.1 Å². The molecule has 1 aliphatic heterocycles. The molecule has 1 amide bonds. The Labute approximate surface area is 130 Å². The molecule has 1 heterocycles. The minimum absolute atomic E-state index is 0.148. The Morgan fingerprint density at radius 3 is 2.90 bits per heavy atom. The molecule has 0 aliphatic carbocycles. The van der Waals surface area contributed by atoms with Gasteiger partial charge in [-0.2, -0.15) is 0 Å². The van der Waals surface area contributed by atoms with Crippen molar-refractivity contribution < 1.29 is 13.9 Å². The van der Waals surface area contributed by atoms with Gasteiger partial charge in [0.2, 0.25) is 0 Å². The fraction of sp³-hybridized carbons (Fsp3) is 0.188. The summed E-state index contributed by atoms with van der Waals surface area (Å²) >= 11 is 3.18. The lowest BCUT2D eigenvalue weighted by Gasteiger charge is -2.25. The van der Waals surface area contributed by atoms with Crippen LogP contribution in [0.5, 0.6) is 0 Å². The summed E-state index contributed by atoms with van der Waals surface area (Å²) in [4.78, 5) is 12.4. The van der Waals surface area contributed by atoms with Gasteiger partial charge in [-0.05, 0) is 35.7 Å². The van der Waals surface area contributed by atoms with Crippen LogP contribution in [0.2, 0.25) is 0 Å². The Morgan fingerprint density at radius 2 is 2.10 bits per heavy atom. The third-order valence-electron chi connectivity index (χ3n) is 3.42. The van der Waals surface area contributed by atoms with Crippen molar-refractivity contribution in [2.45, 2.75) is 12.5 Å². The second-order valence-electron chi connectivity index (χ2n) is 4.81. The number of rotatable bonds is 2. The maximum absolute atomic E-state index is 13.8. The number of anilines is 1. The number of hydrogen-bond acceptors (Lipinski definition) is 2. The van der Waals surface area contributed by atoms with Crippen molar-refractivity contribution in [1.29, 1.82) is 0 Å². The number of halogens is 2. The van der Waals surface area contributed by atoms with Gasteiger partial charge in [-0.25, -0.2) is 4.39 Å². The Bertz CT molecular complexity index is 690. The van der Waals surface area contributed by atoms with Crippen molar-refractivity contribution >= 4 is 27.5 Å². The number of hydrogen-bond donors (Lipinski definition) is 1. The van der Waals surface area contributed by atoms with Crippen LogP contribution in [0.25, 0.3) is 0 Å². The van der Waals surface area contributed by atoms with Gasteiger partial charge in [0.15, 0.2) is 6.10 Å². The van der Waals surface area contributed by atoms with E-state index in [2.05, 4.69) is 21.2 Å². The first-order valence-corrected chi connectivity index (χ1v) is 7.40. The number of amides is 1. The predicted octanol–water partition coefficient (Wildman–Crippen LogP) is 3.84. The van der Waals surface area contributed by atoms with Gasteiger partial charge in [0.05, 0.1) is 12.3 Å². The molecule has 2 aromatic rings. The lowest BCUT2D eigenvalue weighted by Crippen LogP contribution is -2.28. The minimum Gasteiger partial charge on any atom is -0.363 e. The van der Waals surface area contributed by atoms with Gasteiger partial charge in [-0.3, -0.25) is 4.79 Å². The third kappa shape index (κ3) is 2.99. The molecule has 0 aromatic heterocycles. The van der Waals surface area contributed by atoms with E-state index in [-0.39, 0.29) is 11.6 Å². The minimum atomic E-state index is -0.696. The summed E-state index contributed by atoms with van der Waals surface area (Å²) in [6.45, 7) is 0.484. The molecule has 3 rings (SSSR count). The fourth-order valence-corrected chi connectivity index (χ4v) is 2.73. The first-order valence-electron chi connectivity index (χ1n) is 6.60. The van der Waals surface area contributed by atoms with Crippen LogP contribution in [0.4, 0.5) is 10.1 Å². The van der Waals surface area contributed by atoms with E-state index < -0.39 is 11.9 Å². The van der Waals surface area contributed by atoms with Crippen molar-refractivity contribution in [3.05, 3.63) is 63.9 Å². The van der Waals surface area contributed by atoms with Crippen LogP contribution < -0.4 is 5.32 Å². The van der Waals surface area contributed by atoms with Crippen molar-refractivity contribution in [2.24, 2.45) is 0 Å². The molecule has 0 saturated carbocycles. The molecule has 1 atom stereocenters. The van der Waals surface area contributed by atoms with Crippen LogP contribution in [-0.4, -0.2) is 12.5 Å². The molecular weight excluding hydrogens is 337 g/mol. The van der Waals surface area contributed by atoms with Crippen LogP contribution in [0.3, 0.4) is 0 Å². The van der Waals surface area contributed by atoms with Gasteiger partial charge >= 0.3 is 0 Å². The van der Waals surface area contributed by atoms with E-state index in [4.69, 9.17) is 4.74 Å². The molecule has 1 unspecified atom stereocenters. The van der Waals surface area contributed by atoms with E-state index in [1.165, 1.54) is 12.1 Å². The fourth-order valence-electron chi connectivity index (χ4n) is 2.40. The largest absolute Gasteiger partial charge is 0.363 e. The van der Waals surface area contributed by atoms with E-state index >= 15 is 0 Å². The van der Waals surface area contributed by atoms with Crippen LogP contribution >= 0.6 is 15.9 Å². The highest BCUT2D eigenvalue weighted by Crippen LogP contribution is 2.28. The lowest BCUT2D eigenvalue weighted by atomic mass is 9.97. The second-order valence-corrected chi connectivity index (χ2v) is 5.73. The van der Waals surface area contributed by atoms with E-state index in [9.17, 15) is 9.18 Å². The number of nitrogens with one attached hydrogen (secondary N) is 1. The van der Waals surface area contributed by atoms with Crippen molar-refractivity contribution in [1.82, 2.24) is 0 Å². The Balaban J connectivity index is 1.83. The predicted molar refractivity (Wildman–Crippen MR) is 81.6 cm³/mol. The summed E-state index contributed by atoms with van der Waals surface area (Å²) in [5.41, 5.74) is 2.09. The molecule has 21 heavy (non-hydrogen) atoms. The summed E-state index contributed by atoms with van der Waals surface area (Å²) in [6, 6.07) is 12.2. The molecular formula is C16H13BrFNO2. The maximum atomic E-state index is 13.8. The first-order chi connectivity index (χ1) is 10.1. The number of benzene rings is 2. The summed E-state index contributed by atoms with van der Waals surface area (Å²) in [5.74, 6) is -0.842. The summed E-state index contributed by atoms with van der Waals surface area (Å²) in [7, 11) is 0. The third-order valence-corrected chi connectivity index (χ3v) is 3.91. The molecule has 2 aromatic carbocycles. The molecule has 0 saturated heterocycles. The Hall–Kier alpha value is -1.72. The van der Waals surface area contributed by atoms with Crippen molar-refractivity contribution in [2.75, 3.05) is 11.9 Å². The molecule has 108 valence electrons. The molecule has 3 nitrogen and oxygen atoms in total. The number of carbonyl (C=O) groups excluding carboxylic acids is 1. The Kier molecular flexibility index (Phi) is 4.03. The molecule has 5 heteroatoms. The lowest BCUT2D eigenvalue weighted by molar-refractivity contribution is -0.128. The van der Waals surface area contributed by atoms with E-state index in [0.29, 0.717) is 11.1 Å². The number of carbonyl (C=O) groups is 1. The summed E-state index contributed by atoms with van der Waals surface area (Å²) in [5, 5.41) is 2.59. The van der Waals surface area contributed by atoms with Gasteiger partial charge in [-0.1, -0.05) is 40.2 Å². The van der Waals surface area contributed by atoms with Gasteiger partial charge in [0.25, 0.3) is 5.91 Å². The van der Waals surface area contributed by atoms with Crippen LogP contribution in [0.1, 0.15) is 17.2 Å². The average Bonchev–Trinajstić information content (AvgIpc) is 2.49. The first kappa shape index (κ1) is 14.2. The molecule has 1 N–H and O–H groups in total. The quantitative estimate of drug-likeness (QED) is 0.894. The zero-order valence-electron chi connectivity index (χ0n) is 11.1. The van der Waals surface area contributed by atoms with Crippen molar-refractivity contribution in [3.63, 3.8) is 0 Å².